The summed E-state index contributed by atoms with van der Waals surface area (Å²) in [5.74, 6) is -2.01. The first-order chi connectivity index (χ1) is 10.9. The molecule has 0 aliphatic carbocycles. The van der Waals surface area contributed by atoms with Crippen molar-refractivity contribution in [3.8, 4) is 0 Å². The van der Waals surface area contributed by atoms with Crippen molar-refractivity contribution >= 4 is 23.3 Å². The van der Waals surface area contributed by atoms with Crippen LogP contribution in [0.5, 0.6) is 0 Å². The number of carbonyl (C=O) groups is 2. The van der Waals surface area contributed by atoms with E-state index < -0.39 is 34.1 Å². The van der Waals surface area contributed by atoms with Gasteiger partial charge in [-0.2, -0.15) is 0 Å². The lowest BCUT2D eigenvalue weighted by atomic mass is 10.1. The van der Waals surface area contributed by atoms with Gasteiger partial charge in [0.25, 0.3) is 5.69 Å². The molecule has 4 N–H and O–H groups in total. The number of hydrogen-bond donors (Lipinski definition) is 3. The zero-order chi connectivity index (χ0) is 17.0. The Kier molecular flexibility index (Phi) is 4.67. The van der Waals surface area contributed by atoms with Crippen LogP contribution < -0.4 is 11.1 Å². The number of nitro benzene ring substituents is 1. The van der Waals surface area contributed by atoms with Crippen LogP contribution in [0.2, 0.25) is 0 Å². The molecular formula is C15H13N3O5. The van der Waals surface area contributed by atoms with Crippen molar-refractivity contribution in [1.82, 2.24) is 0 Å². The fourth-order valence-electron chi connectivity index (χ4n) is 1.98. The van der Waals surface area contributed by atoms with Gasteiger partial charge in [-0.25, -0.2) is 4.79 Å². The molecule has 0 spiro atoms. The van der Waals surface area contributed by atoms with Crippen LogP contribution in [-0.2, 0) is 4.79 Å². The van der Waals surface area contributed by atoms with Crippen LogP contribution >= 0.6 is 0 Å². The Bertz CT molecular complexity index is 761. The number of carboxylic acid groups (broad SMARTS) is 1. The van der Waals surface area contributed by atoms with Crippen LogP contribution in [0.3, 0.4) is 0 Å². The molecule has 0 radical (unpaired) electrons. The molecule has 0 aliphatic rings. The second kappa shape index (κ2) is 6.67. The molecule has 0 saturated carbocycles. The summed E-state index contributed by atoms with van der Waals surface area (Å²) in [4.78, 5) is 33.2. The molecule has 1 atom stereocenters. The maximum absolute atomic E-state index is 12.1. The van der Waals surface area contributed by atoms with E-state index in [9.17, 15) is 19.7 Å². The first-order valence-electron chi connectivity index (χ1n) is 6.53. The Morgan fingerprint density at radius 3 is 2.39 bits per heavy atom. The highest BCUT2D eigenvalue weighted by Crippen LogP contribution is 2.23. The molecule has 8 heteroatoms. The van der Waals surface area contributed by atoms with Crippen molar-refractivity contribution < 1.29 is 19.6 Å². The van der Waals surface area contributed by atoms with E-state index in [1.807, 2.05) is 0 Å². The second-order valence-electron chi connectivity index (χ2n) is 4.67. The highest BCUT2D eigenvalue weighted by molar-refractivity contribution is 5.98. The Morgan fingerprint density at radius 1 is 1.17 bits per heavy atom. The monoisotopic (exact) mass is 315 g/mol. The van der Waals surface area contributed by atoms with E-state index in [-0.39, 0.29) is 5.69 Å². The predicted octanol–water partition coefficient (Wildman–Crippen LogP) is 1.93. The molecule has 0 unspecified atom stereocenters. The normalized spacial score (nSPS) is 11.5. The van der Waals surface area contributed by atoms with Gasteiger partial charge in [0.2, 0.25) is 5.91 Å². The maximum atomic E-state index is 12.1. The topological polar surface area (TPSA) is 136 Å². The molecule has 0 bridgehead atoms. The van der Waals surface area contributed by atoms with E-state index in [2.05, 4.69) is 5.32 Å². The average molecular weight is 315 g/mol. The molecule has 2 aromatic rings. The van der Waals surface area contributed by atoms with Crippen LogP contribution in [0.25, 0.3) is 0 Å². The molecule has 0 saturated heterocycles. The number of aromatic carboxylic acids is 1. The fourth-order valence-corrected chi connectivity index (χ4v) is 1.98. The van der Waals surface area contributed by atoms with Gasteiger partial charge in [-0.15, -0.1) is 0 Å². The van der Waals surface area contributed by atoms with E-state index in [0.717, 1.165) is 12.1 Å². The predicted molar refractivity (Wildman–Crippen MR) is 82.1 cm³/mol. The minimum atomic E-state index is -1.46. The zero-order valence-electron chi connectivity index (χ0n) is 11.8. The van der Waals surface area contributed by atoms with E-state index in [1.54, 1.807) is 30.3 Å². The first-order valence-corrected chi connectivity index (χ1v) is 6.53. The molecule has 0 heterocycles. The highest BCUT2D eigenvalue weighted by Gasteiger charge is 2.21. The molecule has 23 heavy (non-hydrogen) atoms. The van der Waals surface area contributed by atoms with Crippen LogP contribution in [0, 0.1) is 10.1 Å². The summed E-state index contributed by atoms with van der Waals surface area (Å²) in [6, 6.07) is 11.0. The van der Waals surface area contributed by atoms with Gasteiger partial charge in [0.15, 0.2) is 0 Å². The van der Waals surface area contributed by atoms with E-state index in [1.165, 1.54) is 6.07 Å². The summed E-state index contributed by atoms with van der Waals surface area (Å²) in [5.41, 5.74) is 5.46. The average Bonchev–Trinajstić information content (AvgIpc) is 2.54. The molecule has 1 amide bonds. The second-order valence-corrected chi connectivity index (χ2v) is 4.67. The van der Waals surface area contributed by atoms with Crippen molar-refractivity contribution in [1.29, 1.82) is 0 Å². The van der Waals surface area contributed by atoms with Crippen LogP contribution in [-0.4, -0.2) is 21.9 Å². The van der Waals surface area contributed by atoms with Gasteiger partial charge in [-0.1, -0.05) is 30.3 Å². The molecular weight excluding hydrogens is 302 g/mol. The number of anilines is 1. The van der Waals surface area contributed by atoms with Gasteiger partial charge in [0, 0.05) is 11.8 Å². The standard InChI is InChI=1S/C15H13N3O5/c16-13(9-4-2-1-3-5-9)14(19)17-10-6-7-12(18(22)23)11(8-10)15(20)21/h1-8,13H,16H2,(H,17,19)(H,20,21)/t13-/m1/s1. The first kappa shape index (κ1) is 16.1. The summed E-state index contributed by atoms with van der Waals surface area (Å²) in [5, 5.41) is 22.3. The number of nitrogens with one attached hydrogen (secondary N) is 1. The number of carboxylic acids is 1. The summed E-state index contributed by atoms with van der Waals surface area (Å²) in [6.45, 7) is 0. The summed E-state index contributed by atoms with van der Waals surface area (Å²) >= 11 is 0. The molecule has 0 aliphatic heterocycles. The van der Waals surface area contributed by atoms with Gasteiger partial charge < -0.3 is 16.2 Å². The highest BCUT2D eigenvalue weighted by atomic mass is 16.6. The third kappa shape index (κ3) is 3.69. The number of nitrogens with zero attached hydrogens (tertiary/aromatic N) is 1. The number of rotatable bonds is 5. The third-order valence-corrected chi connectivity index (χ3v) is 3.13. The van der Waals surface area contributed by atoms with Crippen LogP contribution in [0.4, 0.5) is 11.4 Å². The van der Waals surface area contributed by atoms with Crippen LogP contribution in [0.1, 0.15) is 22.0 Å². The molecule has 0 fully saturated rings. The smallest absolute Gasteiger partial charge is 0.342 e. The number of carbonyl (C=O) groups excluding carboxylic acids is 1. The number of nitrogens with two attached hydrogens (primary N) is 1. The minimum absolute atomic E-state index is 0.115. The van der Waals surface area contributed by atoms with Gasteiger partial charge >= 0.3 is 5.97 Å². The third-order valence-electron chi connectivity index (χ3n) is 3.13. The fraction of sp³-hybridized carbons (Fsp3) is 0.0667. The van der Waals surface area contributed by atoms with Gasteiger partial charge in [-0.05, 0) is 17.7 Å². The summed E-state index contributed by atoms with van der Waals surface area (Å²) in [6.07, 6.45) is 0. The number of amides is 1. The molecule has 8 nitrogen and oxygen atoms in total. The van der Waals surface area contributed by atoms with E-state index in [0.29, 0.717) is 5.56 Å². The Balaban J connectivity index is 2.23. The van der Waals surface area contributed by atoms with Crippen LogP contribution in [0.15, 0.2) is 48.5 Å². The number of nitro groups is 1. The summed E-state index contributed by atoms with van der Waals surface area (Å²) in [7, 11) is 0. The van der Waals surface area contributed by atoms with Crippen molar-refractivity contribution in [2.24, 2.45) is 5.73 Å². The number of hydrogen-bond acceptors (Lipinski definition) is 5. The van der Waals surface area contributed by atoms with Gasteiger partial charge in [0.1, 0.15) is 11.6 Å². The Labute approximate surface area is 130 Å². The van der Waals surface area contributed by atoms with E-state index in [4.69, 9.17) is 10.8 Å². The largest absolute Gasteiger partial charge is 0.477 e. The molecule has 118 valence electrons. The maximum Gasteiger partial charge on any atom is 0.342 e. The number of benzene rings is 2. The Hall–Kier alpha value is -3.26. The van der Waals surface area contributed by atoms with Crippen molar-refractivity contribution in [2.45, 2.75) is 6.04 Å². The zero-order valence-corrected chi connectivity index (χ0v) is 11.8. The lowest BCUT2D eigenvalue weighted by Crippen LogP contribution is -2.27. The van der Waals surface area contributed by atoms with Crippen molar-refractivity contribution in [2.75, 3.05) is 5.32 Å². The molecule has 0 aromatic heterocycles. The van der Waals surface area contributed by atoms with Gasteiger partial charge in [-0.3, -0.25) is 14.9 Å². The molecule has 2 aromatic carbocycles. The Morgan fingerprint density at radius 2 is 1.83 bits per heavy atom. The summed E-state index contributed by atoms with van der Waals surface area (Å²) < 4.78 is 0. The van der Waals surface area contributed by atoms with Gasteiger partial charge in [0.05, 0.1) is 4.92 Å². The van der Waals surface area contributed by atoms with Crippen molar-refractivity contribution in [3.63, 3.8) is 0 Å². The quantitative estimate of drug-likeness (QED) is 0.569. The lowest BCUT2D eigenvalue weighted by Gasteiger charge is -2.13. The van der Waals surface area contributed by atoms with Crippen molar-refractivity contribution in [3.05, 3.63) is 69.8 Å². The lowest BCUT2D eigenvalue weighted by molar-refractivity contribution is -0.385. The van der Waals surface area contributed by atoms with E-state index >= 15 is 0 Å². The molecule has 2 rings (SSSR count). The minimum Gasteiger partial charge on any atom is -0.477 e. The SMILES string of the molecule is N[C@@H](C(=O)Nc1ccc([N+](=O)[O-])c(C(=O)O)c1)c1ccccc1.